The highest BCUT2D eigenvalue weighted by Gasteiger charge is 2.15. The van der Waals surface area contributed by atoms with Crippen LogP contribution in [0.15, 0.2) is 5.38 Å². The molecule has 1 rings (SSSR count). The zero-order chi connectivity index (χ0) is 12.3. The summed E-state index contributed by atoms with van der Waals surface area (Å²) in [5, 5.41) is 15.6. The number of nitrogens with one attached hydrogen (secondary N) is 1. The van der Waals surface area contributed by atoms with E-state index in [1.54, 1.807) is 11.3 Å². The van der Waals surface area contributed by atoms with Crippen LogP contribution in [0.4, 0.5) is 0 Å². The van der Waals surface area contributed by atoms with Crippen LogP contribution in [0.3, 0.4) is 0 Å². The van der Waals surface area contributed by atoms with Crippen LogP contribution in [0.2, 0.25) is 0 Å². The molecule has 2 atom stereocenters. The molecule has 1 heterocycles. The first-order valence-electron chi connectivity index (χ1n) is 5.89. The average molecular weight is 278 g/mol. The first-order valence-corrected chi connectivity index (χ1v) is 6.77. The van der Waals surface area contributed by atoms with Crippen molar-refractivity contribution in [3.63, 3.8) is 0 Å². The number of hydrogen-bond donors (Lipinski definition) is 2. The maximum Gasteiger partial charge on any atom is 0.101 e. The zero-order valence-corrected chi connectivity index (χ0v) is 12.9. The highest BCUT2D eigenvalue weighted by atomic mass is 35.5. The van der Waals surface area contributed by atoms with Crippen molar-refractivity contribution in [1.82, 2.24) is 5.32 Å². The molecule has 100 valence electrons. The minimum absolute atomic E-state index is 0. The summed E-state index contributed by atoms with van der Waals surface area (Å²) in [5.41, 5.74) is 2.51. The van der Waals surface area contributed by atoms with Crippen LogP contribution in [0, 0.1) is 19.8 Å². The van der Waals surface area contributed by atoms with E-state index >= 15 is 0 Å². The number of halogens is 1. The summed E-state index contributed by atoms with van der Waals surface area (Å²) in [5.74, 6) is 0.596. The lowest BCUT2D eigenvalue weighted by Gasteiger charge is -2.20. The molecule has 17 heavy (non-hydrogen) atoms. The van der Waals surface area contributed by atoms with Gasteiger partial charge in [-0.2, -0.15) is 0 Å². The Labute approximate surface area is 115 Å². The molecule has 2 nitrogen and oxygen atoms in total. The number of aliphatic hydroxyl groups is 1. The van der Waals surface area contributed by atoms with Gasteiger partial charge in [0, 0.05) is 17.5 Å². The molecule has 0 radical (unpaired) electrons. The Bertz CT molecular complexity index is 338. The van der Waals surface area contributed by atoms with Crippen LogP contribution >= 0.6 is 23.7 Å². The fourth-order valence-corrected chi connectivity index (χ4v) is 2.54. The molecule has 0 fully saturated rings. The van der Waals surface area contributed by atoms with E-state index in [-0.39, 0.29) is 18.5 Å². The third-order valence-electron chi connectivity index (χ3n) is 3.26. The van der Waals surface area contributed by atoms with Crippen molar-refractivity contribution in [2.45, 2.75) is 46.8 Å². The highest BCUT2D eigenvalue weighted by Crippen LogP contribution is 2.27. The Morgan fingerprint density at radius 1 is 1.29 bits per heavy atom. The van der Waals surface area contributed by atoms with Crippen molar-refractivity contribution >= 4 is 23.7 Å². The summed E-state index contributed by atoms with van der Waals surface area (Å²) in [4.78, 5) is 1.10. The maximum absolute atomic E-state index is 10.1. The molecule has 1 aromatic heterocycles. The Morgan fingerprint density at radius 2 is 1.88 bits per heavy atom. The zero-order valence-electron chi connectivity index (χ0n) is 11.3. The van der Waals surface area contributed by atoms with Crippen LogP contribution in [0.5, 0.6) is 0 Å². The number of rotatable bonds is 5. The van der Waals surface area contributed by atoms with E-state index in [0.29, 0.717) is 18.5 Å². The second-order valence-electron chi connectivity index (χ2n) is 4.86. The number of aliphatic hydroxyl groups excluding tert-OH is 1. The largest absolute Gasteiger partial charge is 0.386 e. The minimum atomic E-state index is -0.375. The topological polar surface area (TPSA) is 32.3 Å². The van der Waals surface area contributed by atoms with Crippen LogP contribution in [-0.2, 0) is 0 Å². The standard InChI is InChI=1S/C13H23NOS.ClH/c1-8(2)11(5)14-6-12(15)13-10(4)9(3)7-16-13;/h7-8,11-12,14-15H,6H2,1-5H3;1H. The van der Waals surface area contributed by atoms with Gasteiger partial charge in [0.05, 0.1) is 0 Å². The minimum Gasteiger partial charge on any atom is -0.386 e. The Balaban J connectivity index is 0.00000256. The first-order chi connectivity index (χ1) is 7.43. The van der Waals surface area contributed by atoms with Gasteiger partial charge in [0.15, 0.2) is 0 Å². The predicted molar refractivity (Wildman–Crippen MR) is 78.3 cm³/mol. The Hall–Kier alpha value is -0.0900. The van der Waals surface area contributed by atoms with Crippen molar-refractivity contribution in [2.75, 3.05) is 6.54 Å². The molecular formula is C13H24ClNOS. The predicted octanol–water partition coefficient (Wildman–Crippen LogP) is 3.45. The molecule has 0 amide bonds. The van der Waals surface area contributed by atoms with Gasteiger partial charge in [0.2, 0.25) is 0 Å². The number of aryl methyl sites for hydroxylation is 1. The molecule has 0 aliphatic rings. The summed E-state index contributed by atoms with van der Waals surface area (Å²) in [7, 11) is 0. The molecule has 4 heteroatoms. The van der Waals surface area contributed by atoms with Gasteiger partial charge < -0.3 is 10.4 Å². The Morgan fingerprint density at radius 3 is 2.29 bits per heavy atom. The van der Waals surface area contributed by atoms with Crippen LogP contribution in [-0.4, -0.2) is 17.7 Å². The van der Waals surface area contributed by atoms with Gasteiger partial charge in [-0.15, -0.1) is 23.7 Å². The van der Waals surface area contributed by atoms with E-state index in [0.717, 1.165) is 4.88 Å². The maximum atomic E-state index is 10.1. The van der Waals surface area contributed by atoms with Gasteiger partial charge in [-0.1, -0.05) is 13.8 Å². The monoisotopic (exact) mass is 277 g/mol. The molecule has 0 saturated carbocycles. The summed E-state index contributed by atoms with van der Waals surface area (Å²) in [6.07, 6.45) is -0.375. The van der Waals surface area contributed by atoms with Crippen molar-refractivity contribution < 1.29 is 5.11 Å². The molecule has 0 aliphatic carbocycles. The summed E-state index contributed by atoms with van der Waals surface area (Å²) >= 11 is 1.65. The fourth-order valence-electron chi connectivity index (χ4n) is 1.48. The van der Waals surface area contributed by atoms with E-state index in [1.807, 2.05) is 0 Å². The smallest absolute Gasteiger partial charge is 0.101 e. The average Bonchev–Trinajstić information content (AvgIpc) is 2.55. The lowest BCUT2D eigenvalue weighted by atomic mass is 10.1. The quantitative estimate of drug-likeness (QED) is 0.864. The van der Waals surface area contributed by atoms with Crippen molar-refractivity contribution in [1.29, 1.82) is 0 Å². The van der Waals surface area contributed by atoms with E-state index in [4.69, 9.17) is 0 Å². The van der Waals surface area contributed by atoms with Crippen molar-refractivity contribution in [2.24, 2.45) is 5.92 Å². The van der Waals surface area contributed by atoms with E-state index in [1.165, 1.54) is 11.1 Å². The second-order valence-corrected chi connectivity index (χ2v) is 5.78. The lowest BCUT2D eigenvalue weighted by molar-refractivity contribution is 0.170. The molecule has 0 aliphatic heterocycles. The molecule has 2 unspecified atom stereocenters. The first kappa shape index (κ1) is 16.9. The van der Waals surface area contributed by atoms with Gasteiger partial charge in [-0.3, -0.25) is 0 Å². The molecular weight excluding hydrogens is 254 g/mol. The van der Waals surface area contributed by atoms with Crippen LogP contribution in [0.1, 0.15) is 42.9 Å². The highest BCUT2D eigenvalue weighted by molar-refractivity contribution is 7.10. The van der Waals surface area contributed by atoms with Gasteiger partial charge in [0.25, 0.3) is 0 Å². The Kier molecular flexibility index (Phi) is 7.33. The van der Waals surface area contributed by atoms with E-state index in [2.05, 4.69) is 45.3 Å². The van der Waals surface area contributed by atoms with Crippen molar-refractivity contribution in [3.8, 4) is 0 Å². The van der Waals surface area contributed by atoms with E-state index < -0.39 is 0 Å². The van der Waals surface area contributed by atoms with Gasteiger partial charge in [0.1, 0.15) is 6.10 Å². The third-order valence-corrected chi connectivity index (χ3v) is 4.56. The summed E-state index contributed by atoms with van der Waals surface area (Å²) in [6, 6.07) is 0.441. The lowest BCUT2D eigenvalue weighted by Crippen LogP contribution is -2.34. The molecule has 0 bridgehead atoms. The van der Waals surface area contributed by atoms with Gasteiger partial charge in [-0.05, 0) is 43.2 Å². The van der Waals surface area contributed by atoms with Crippen LogP contribution in [0.25, 0.3) is 0 Å². The number of hydrogen-bond acceptors (Lipinski definition) is 3. The molecule has 0 spiro atoms. The van der Waals surface area contributed by atoms with Crippen molar-refractivity contribution in [3.05, 3.63) is 21.4 Å². The third kappa shape index (κ3) is 4.59. The van der Waals surface area contributed by atoms with Crippen LogP contribution < -0.4 is 5.32 Å². The fraction of sp³-hybridized carbons (Fsp3) is 0.692. The molecule has 0 aromatic carbocycles. The summed E-state index contributed by atoms with van der Waals surface area (Å²) in [6.45, 7) is 11.3. The molecule has 2 N–H and O–H groups in total. The van der Waals surface area contributed by atoms with Gasteiger partial charge >= 0.3 is 0 Å². The van der Waals surface area contributed by atoms with Gasteiger partial charge in [-0.25, -0.2) is 0 Å². The van der Waals surface area contributed by atoms with E-state index in [9.17, 15) is 5.11 Å². The molecule has 0 saturated heterocycles. The SMILES string of the molecule is Cc1csc(C(O)CNC(C)C(C)C)c1C.Cl. The second kappa shape index (κ2) is 7.37. The normalized spacial score (nSPS) is 14.5. The number of thiophene rings is 1. The molecule has 1 aromatic rings. The summed E-state index contributed by atoms with van der Waals surface area (Å²) < 4.78 is 0.